The summed E-state index contributed by atoms with van der Waals surface area (Å²) >= 11 is 1.72. The Morgan fingerprint density at radius 1 is 1.26 bits per heavy atom. The van der Waals surface area contributed by atoms with Crippen molar-refractivity contribution >= 4 is 28.9 Å². The minimum atomic E-state index is 0.391. The Labute approximate surface area is 114 Å². The fourth-order valence-corrected chi connectivity index (χ4v) is 2.90. The molecule has 3 rings (SSSR count). The maximum Gasteiger partial charge on any atom is 0.390 e. The molecule has 2 aromatic heterocycles. The molecule has 0 saturated heterocycles. The van der Waals surface area contributed by atoms with E-state index >= 15 is 0 Å². The first kappa shape index (κ1) is 12.0. The molecule has 0 atom stereocenters. The van der Waals surface area contributed by atoms with Crippen LogP contribution >= 0.6 is 11.8 Å². The Bertz CT molecular complexity index is 680. The summed E-state index contributed by atoms with van der Waals surface area (Å²) < 4.78 is 0. The van der Waals surface area contributed by atoms with E-state index in [2.05, 4.69) is 44.2 Å². The van der Waals surface area contributed by atoms with E-state index in [1.54, 1.807) is 18.1 Å². The number of benzene rings is 1. The van der Waals surface area contributed by atoms with Crippen LogP contribution in [0.5, 0.6) is 0 Å². The molecule has 3 aromatic rings. The van der Waals surface area contributed by atoms with Gasteiger partial charge in [-0.3, -0.25) is 5.73 Å². The van der Waals surface area contributed by atoms with E-state index in [4.69, 9.17) is 5.73 Å². The zero-order valence-corrected chi connectivity index (χ0v) is 11.1. The third-order valence-electron chi connectivity index (χ3n) is 2.79. The number of aromatic amines is 2. The lowest BCUT2D eigenvalue weighted by molar-refractivity contribution is -0.410. The Balaban J connectivity index is 1.73. The zero-order chi connectivity index (χ0) is 13.1. The number of nitrogens with zero attached hydrogens (tertiary/aromatic N) is 2. The lowest BCUT2D eigenvalue weighted by atomic mass is 10.2. The standard InChI is InChI=1S/C13H13N5S/c14-13-17-11-10(15-8-16-11)12(18-13)19-7-6-9-4-2-1-3-5-9/h1-5,8H,6-7H2,(H3,14,15,16,17,18)/p+1. The largest absolute Gasteiger partial charge is 0.390 e. The van der Waals surface area contributed by atoms with Crippen molar-refractivity contribution < 1.29 is 4.98 Å². The van der Waals surface area contributed by atoms with Crippen LogP contribution in [0.1, 0.15) is 5.56 Å². The Morgan fingerprint density at radius 3 is 2.95 bits per heavy atom. The minimum absolute atomic E-state index is 0.391. The number of H-pyrrole nitrogens is 2. The highest BCUT2D eigenvalue weighted by Gasteiger charge is 2.13. The summed E-state index contributed by atoms with van der Waals surface area (Å²) in [4.78, 5) is 14.4. The lowest BCUT2D eigenvalue weighted by Crippen LogP contribution is -2.16. The van der Waals surface area contributed by atoms with Crippen LogP contribution in [0, 0.1) is 0 Å². The van der Waals surface area contributed by atoms with Crippen LogP contribution < -0.4 is 10.7 Å². The fraction of sp³-hybridized carbons (Fsp3) is 0.154. The summed E-state index contributed by atoms with van der Waals surface area (Å²) in [5, 5.41) is 0.982. The second-order valence-electron chi connectivity index (χ2n) is 4.14. The molecule has 0 fully saturated rings. The number of aromatic nitrogens is 4. The molecule has 6 heteroatoms. The van der Waals surface area contributed by atoms with Gasteiger partial charge in [0.15, 0.2) is 5.03 Å². The first-order chi connectivity index (χ1) is 9.33. The van der Waals surface area contributed by atoms with E-state index < -0.39 is 0 Å². The van der Waals surface area contributed by atoms with Crippen molar-refractivity contribution in [2.45, 2.75) is 11.4 Å². The topological polar surface area (TPSA) is 81.7 Å². The number of imidazole rings is 1. The quantitative estimate of drug-likeness (QED) is 0.559. The molecule has 0 aliphatic rings. The number of fused-ring (bicyclic) bond motifs is 1. The van der Waals surface area contributed by atoms with Gasteiger partial charge >= 0.3 is 5.95 Å². The van der Waals surface area contributed by atoms with Gasteiger partial charge in [-0.05, 0) is 17.0 Å². The van der Waals surface area contributed by atoms with Gasteiger partial charge in [0.1, 0.15) is 5.52 Å². The lowest BCUT2D eigenvalue weighted by Gasteiger charge is -2.01. The van der Waals surface area contributed by atoms with Crippen LogP contribution in [0.15, 0.2) is 41.7 Å². The highest BCUT2D eigenvalue weighted by molar-refractivity contribution is 7.99. The van der Waals surface area contributed by atoms with Crippen molar-refractivity contribution in [3.63, 3.8) is 0 Å². The smallest absolute Gasteiger partial charge is 0.339 e. The van der Waals surface area contributed by atoms with Crippen LogP contribution in [0.2, 0.25) is 0 Å². The van der Waals surface area contributed by atoms with Crippen molar-refractivity contribution in [3.05, 3.63) is 42.2 Å². The molecule has 2 heterocycles. The molecular formula is C13H14N5S+. The van der Waals surface area contributed by atoms with Crippen LogP contribution in [-0.4, -0.2) is 20.7 Å². The first-order valence-corrected chi connectivity index (χ1v) is 7.00. The van der Waals surface area contributed by atoms with Gasteiger partial charge in [-0.1, -0.05) is 42.1 Å². The van der Waals surface area contributed by atoms with E-state index in [9.17, 15) is 0 Å². The van der Waals surface area contributed by atoms with Gasteiger partial charge in [0.25, 0.3) is 5.65 Å². The fourth-order valence-electron chi connectivity index (χ4n) is 1.88. The van der Waals surface area contributed by atoms with Crippen molar-refractivity contribution in [1.82, 2.24) is 15.0 Å². The average molecular weight is 272 g/mol. The Kier molecular flexibility index (Phi) is 3.33. The molecule has 0 unspecified atom stereocenters. The molecule has 0 bridgehead atoms. The molecule has 4 N–H and O–H groups in total. The molecule has 5 nitrogen and oxygen atoms in total. The number of anilines is 1. The van der Waals surface area contributed by atoms with Crippen molar-refractivity contribution in [2.75, 3.05) is 11.5 Å². The van der Waals surface area contributed by atoms with Gasteiger partial charge in [-0.2, -0.15) is 0 Å². The third-order valence-corrected chi connectivity index (χ3v) is 3.80. The minimum Gasteiger partial charge on any atom is -0.339 e. The van der Waals surface area contributed by atoms with Crippen LogP contribution in [0.3, 0.4) is 0 Å². The molecule has 0 spiro atoms. The van der Waals surface area contributed by atoms with E-state index in [1.165, 1.54) is 5.56 Å². The number of rotatable bonds is 4. The normalized spacial score (nSPS) is 10.9. The maximum atomic E-state index is 5.73. The number of nitrogens with one attached hydrogen (secondary N) is 2. The van der Waals surface area contributed by atoms with Gasteiger partial charge in [0.05, 0.1) is 6.33 Å². The monoisotopic (exact) mass is 272 g/mol. The van der Waals surface area contributed by atoms with E-state index in [0.717, 1.165) is 22.7 Å². The Morgan fingerprint density at radius 2 is 2.11 bits per heavy atom. The molecule has 19 heavy (non-hydrogen) atoms. The van der Waals surface area contributed by atoms with Crippen LogP contribution in [0.25, 0.3) is 11.2 Å². The van der Waals surface area contributed by atoms with E-state index in [-0.39, 0.29) is 0 Å². The van der Waals surface area contributed by atoms with E-state index in [1.807, 2.05) is 6.07 Å². The molecule has 0 radical (unpaired) electrons. The second kappa shape index (κ2) is 5.27. The number of nitrogens with two attached hydrogens (primary N) is 1. The second-order valence-corrected chi connectivity index (χ2v) is 5.24. The van der Waals surface area contributed by atoms with Crippen LogP contribution in [0.4, 0.5) is 5.95 Å². The summed E-state index contributed by atoms with van der Waals surface area (Å²) in [5.41, 5.74) is 8.63. The molecule has 0 saturated carbocycles. The molecule has 0 aliphatic carbocycles. The number of aryl methyl sites for hydroxylation is 1. The van der Waals surface area contributed by atoms with Crippen molar-refractivity contribution in [2.24, 2.45) is 0 Å². The number of nitrogen functional groups attached to an aromatic ring is 1. The molecule has 96 valence electrons. The number of hydrogen-bond acceptors (Lipinski definition) is 4. The Hall–Kier alpha value is -2.08. The van der Waals surface area contributed by atoms with Gasteiger partial charge in [0, 0.05) is 5.75 Å². The predicted octanol–water partition coefficient (Wildman–Crippen LogP) is 1.69. The summed E-state index contributed by atoms with van der Waals surface area (Å²) in [6.45, 7) is 0. The first-order valence-electron chi connectivity index (χ1n) is 6.01. The van der Waals surface area contributed by atoms with Gasteiger partial charge in [-0.25, -0.2) is 9.97 Å². The molecule has 1 aromatic carbocycles. The van der Waals surface area contributed by atoms with E-state index in [0.29, 0.717) is 11.6 Å². The highest BCUT2D eigenvalue weighted by Crippen LogP contribution is 2.21. The summed E-state index contributed by atoms with van der Waals surface area (Å²) in [5.74, 6) is 1.36. The van der Waals surface area contributed by atoms with Gasteiger partial charge in [0.2, 0.25) is 0 Å². The number of hydrogen-bond donors (Lipinski definition) is 2. The summed E-state index contributed by atoms with van der Waals surface area (Å²) in [7, 11) is 0. The number of thioether (sulfide) groups is 1. The van der Waals surface area contributed by atoms with Gasteiger partial charge in [-0.15, -0.1) is 0 Å². The van der Waals surface area contributed by atoms with Crippen LogP contribution in [-0.2, 0) is 6.42 Å². The van der Waals surface area contributed by atoms with Gasteiger partial charge < -0.3 is 4.98 Å². The predicted molar refractivity (Wildman–Crippen MR) is 75.7 cm³/mol. The van der Waals surface area contributed by atoms with Crippen molar-refractivity contribution in [3.8, 4) is 0 Å². The highest BCUT2D eigenvalue weighted by atomic mass is 32.2. The summed E-state index contributed by atoms with van der Waals surface area (Å²) in [6.07, 6.45) is 2.64. The molecule has 0 amide bonds. The zero-order valence-electron chi connectivity index (χ0n) is 10.3. The third kappa shape index (κ3) is 2.68. The average Bonchev–Trinajstić information content (AvgIpc) is 2.88. The van der Waals surface area contributed by atoms with Crippen molar-refractivity contribution in [1.29, 1.82) is 0 Å². The maximum absolute atomic E-state index is 5.73. The summed E-state index contributed by atoms with van der Waals surface area (Å²) in [6, 6.07) is 10.4. The molecule has 0 aliphatic heterocycles. The SMILES string of the molecule is Nc1nc2nc[nH]c2c(SCCc2ccccc2)[nH+]1. The molecular weight excluding hydrogens is 258 g/mol.